The maximum atomic E-state index is 13.0. The summed E-state index contributed by atoms with van der Waals surface area (Å²) in [5, 5.41) is 6.35. The van der Waals surface area contributed by atoms with Gasteiger partial charge in [-0.25, -0.2) is 4.39 Å². The van der Waals surface area contributed by atoms with E-state index in [0.29, 0.717) is 31.4 Å². The standard InChI is InChI=1S/C18H22FN3O2.HI/c1-20-18(22-13-14-5-3-7-16(11-14)23-2)21-9-10-24-17-8-4-6-15(19)12-17;/h3-8,11-12H,9-10,13H2,1-2H3,(H2,20,21,22);1H. The molecule has 0 amide bonds. The fraction of sp³-hybridized carbons (Fsp3) is 0.278. The molecule has 2 N–H and O–H groups in total. The van der Waals surface area contributed by atoms with Crippen LogP contribution in [0.25, 0.3) is 0 Å². The molecule has 0 aliphatic carbocycles. The number of ether oxygens (including phenoxy) is 2. The summed E-state index contributed by atoms with van der Waals surface area (Å²) in [5.41, 5.74) is 1.09. The molecule has 7 heteroatoms. The summed E-state index contributed by atoms with van der Waals surface area (Å²) in [5.74, 6) is 1.69. The van der Waals surface area contributed by atoms with Gasteiger partial charge in [0.25, 0.3) is 0 Å². The number of benzene rings is 2. The quantitative estimate of drug-likeness (QED) is 0.289. The van der Waals surface area contributed by atoms with Crippen molar-refractivity contribution >= 4 is 29.9 Å². The van der Waals surface area contributed by atoms with Gasteiger partial charge in [0.05, 0.1) is 13.7 Å². The Hall–Kier alpha value is -2.03. The van der Waals surface area contributed by atoms with Crippen LogP contribution in [0.3, 0.4) is 0 Å². The van der Waals surface area contributed by atoms with Gasteiger partial charge in [-0.1, -0.05) is 18.2 Å². The lowest BCUT2D eigenvalue weighted by atomic mass is 10.2. The Labute approximate surface area is 164 Å². The number of hydrogen-bond acceptors (Lipinski definition) is 3. The van der Waals surface area contributed by atoms with Crippen LogP contribution < -0.4 is 20.1 Å². The summed E-state index contributed by atoms with van der Waals surface area (Å²) < 4.78 is 23.7. The van der Waals surface area contributed by atoms with Crippen LogP contribution in [-0.4, -0.2) is 33.3 Å². The lowest BCUT2D eigenvalue weighted by Crippen LogP contribution is -2.38. The molecule has 136 valence electrons. The van der Waals surface area contributed by atoms with Crippen LogP contribution in [0.5, 0.6) is 11.5 Å². The molecular weight excluding hydrogens is 436 g/mol. The highest BCUT2D eigenvalue weighted by molar-refractivity contribution is 14.0. The van der Waals surface area contributed by atoms with E-state index in [0.717, 1.165) is 11.3 Å². The third kappa shape index (κ3) is 7.59. The van der Waals surface area contributed by atoms with Gasteiger partial charge < -0.3 is 20.1 Å². The van der Waals surface area contributed by atoms with Gasteiger partial charge >= 0.3 is 0 Å². The number of methoxy groups -OCH3 is 1. The second-order valence-electron chi connectivity index (χ2n) is 5.01. The summed E-state index contributed by atoms with van der Waals surface area (Å²) in [6.07, 6.45) is 0. The second-order valence-corrected chi connectivity index (χ2v) is 5.01. The number of guanidine groups is 1. The topological polar surface area (TPSA) is 54.9 Å². The molecule has 2 aromatic carbocycles. The number of hydrogen-bond donors (Lipinski definition) is 2. The Kier molecular flexibility index (Phi) is 9.68. The first kappa shape index (κ1) is 21.0. The van der Waals surface area contributed by atoms with Crippen LogP contribution in [0.1, 0.15) is 5.56 Å². The SMILES string of the molecule is CN=C(NCCOc1cccc(F)c1)NCc1cccc(OC)c1.I. The van der Waals surface area contributed by atoms with E-state index in [1.165, 1.54) is 12.1 Å². The molecule has 0 aromatic heterocycles. The summed E-state index contributed by atoms with van der Waals surface area (Å²) in [6.45, 7) is 1.58. The lowest BCUT2D eigenvalue weighted by Gasteiger charge is -2.13. The summed E-state index contributed by atoms with van der Waals surface area (Å²) in [4.78, 5) is 4.15. The third-order valence-corrected chi connectivity index (χ3v) is 3.28. The molecule has 0 fully saturated rings. The van der Waals surface area contributed by atoms with Crippen LogP contribution in [0, 0.1) is 5.82 Å². The minimum Gasteiger partial charge on any atom is -0.497 e. The van der Waals surface area contributed by atoms with Crippen molar-refractivity contribution in [3.8, 4) is 11.5 Å². The van der Waals surface area contributed by atoms with Crippen molar-refractivity contribution in [1.82, 2.24) is 10.6 Å². The summed E-state index contributed by atoms with van der Waals surface area (Å²) in [6, 6.07) is 13.9. The zero-order valence-electron chi connectivity index (χ0n) is 14.3. The Morgan fingerprint density at radius 3 is 2.56 bits per heavy atom. The van der Waals surface area contributed by atoms with E-state index in [1.807, 2.05) is 24.3 Å². The van der Waals surface area contributed by atoms with Crippen LogP contribution in [-0.2, 0) is 6.54 Å². The normalized spacial score (nSPS) is 10.6. The molecule has 5 nitrogen and oxygen atoms in total. The maximum Gasteiger partial charge on any atom is 0.191 e. The Morgan fingerprint density at radius 1 is 1.08 bits per heavy atom. The average molecular weight is 459 g/mol. The Balaban J connectivity index is 0.00000312. The first-order valence-electron chi connectivity index (χ1n) is 7.67. The van der Waals surface area contributed by atoms with E-state index in [2.05, 4.69) is 15.6 Å². The zero-order chi connectivity index (χ0) is 17.2. The van der Waals surface area contributed by atoms with Gasteiger partial charge in [0, 0.05) is 19.7 Å². The van der Waals surface area contributed by atoms with E-state index in [1.54, 1.807) is 26.3 Å². The molecule has 0 spiro atoms. The fourth-order valence-electron chi connectivity index (χ4n) is 2.08. The molecule has 0 aliphatic rings. The van der Waals surface area contributed by atoms with Crippen molar-refractivity contribution in [1.29, 1.82) is 0 Å². The Bertz CT molecular complexity index is 683. The van der Waals surface area contributed by atoms with Crippen LogP contribution >= 0.6 is 24.0 Å². The van der Waals surface area contributed by atoms with Crippen LogP contribution in [0.15, 0.2) is 53.5 Å². The van der Waals surface area contributed by atoms with E-state index in [4.69, 9.17) is 9.47 Å². The number of nitrogens with zero attached hydrogens (tertiary/aromatic N) is 1. The monoisotopic (exact) mass is 459 g/mol. The van der Waals surface area contributed by atoms with Crippen molar-refractivity contribution in [2.24, 2.45) is 4.99 Å². The van der Waals surface area contributed by atoms with Gasteiger partial charge in [-0.05, 0) is 29.8 Å². The molecular formula is C18H23FIN3O2. The minimum atomic E-state index is -0.309. The van der Waals surface area contributed by atoms with Crippen molar-refractivity contribution in [2.45, 2.75) is 6.54 Å². The first-order valence-corrected chi connectivity index (χ1v) is 7.67. The molecule has 0 saturated carbocycles. The zero-order valence-corrected chi connectivity index (χ0v) is 16.6. The maximum absolute atomic E-state index is 13.0. The molecule has 0 saturated heterocycles. The number of halogens is 2. The summed E-state index contributed by atoms with van der Waals surface area (Å²) >= 11 is 0. The van der Waals surface area contributed by atoms with Gasteiger partial charge in [0.1, 0.15) is 23.9 Å². The molecule has 0 heterocycles. The molecule has 0 radical (unpaired) electrons. The summed E-state index contributed by atoms with van der Waals surface area (Å²) in [7, 11) is 3.35. The van der Waals surface area contributed by atoms with E-state index >= 15 is 0 Å². The van der Waals surface area contributed by atoms with E-state index < -0.39 is 0 Å². The molecule has 0 atom stereocenters. The highest BCUT2D eigenvalue weighted by Gasteiger charge is 2.00. The number of nitrogens with one attached hydrogen (secondary N) is 2. The average Bonchev–Trinajstić information content (AvgIpc) is 2.61. The highest BCUT2D eigenvalue weighted by atomic mass is 127. The number of rotatable bonds is 7. The molecule has 0 aliphatic heterocycles. The van der Waals surface area contributed by atoms with Crippen molar-refractivity contribution in [2.75, 3.05) is 27.3 Å². The van der Waals surface area contributed by atoms with Gasteiger partial charge in [0.2, 0.25) is 0 Å². The van der Waals surface area contributed by atoms with Crippen molar-refractivity contribution < 1.29 is 13.9 Å². The first-order chi connectivity index (χ1) is 11.7. The highest BCUT2D eigenvalue weighted by Crippen LogP contribution is 2.12. The molecule has 0 unspecified atom stereocenters. The van der Waals surface area contributed by atoms with Gasteiger partial charge in [-0.15, -0.1) is 24.0 Å². The molecule has 25 heavy (non-hydrogen) atoms. The second kappa shape index (κ2) is 11.5. The minimum absolute atomic E-state index is 0. The fourth-order valence-corrected chi connectivity index (χ4v) is 2.08. The van der Waals surface area contributed by atoms with E-state index in [9.17, 15) is 4.39 Å². The predicted molar refractivity (Wildman–Crippen MR) is 109 cm³/mol. The van der Waals surface area contributed by atoms with Crippen LogP contribution in [0.2, 0.25) is 0 Å². The lowest BCUT2D eigenvalue weighted by molar-refractivity contribution is 0.320. The van der Waals surface area contributed by atoms with Crippen molar-refractivity contribution in [3.63, 3.8) is 0 Å². The van der Waals surface area contributed by atoms with Gasteiger partial charge in [-0.2, -0.15) is 0 Å². The third-order valence-electron chi connectivity index (χ3n) is 3.28. The van der Waals surface area contributed by atoms with E-state index in [-0.39, 0.29) is 29.8 Å². The molecule has 2 aromatic rings. The molecule has 2 rings (SSSR count). The smallest absolute Gasteiger partial charge is 0.191 e. The van der Waals surface area contributed by atoms with Crippen LogP contribution in [0.4, 0.5) is 4.39 Å². The van der Waals surface area contributed by atoms with Gasteiger partial charge in [0.15, 0.2) is 5.96 Å². The van der Waals surface area contributed by atoms with Gasteiger partial charge in [-0.3, -0.25) is 4.99 Å². The predicted octanol–water partition coefficient (Wildman–Crippen LogP) is 3.20. The van der Waals surface area contributed by atoms with Crippen molar-refractivity contribution in [3.05, 3.63) is 59.9 Å². The molecule has 0 bridgehead atoms. The number of aliphatic imine (C=N–C) groups is 1. The largest absolute Gasteiger partial charge is 0.497 e. The Morgan fingerprint density at radius 2 is 1.84 bits per heavy atom.